The van der Waals surface area contributed by atoms with Crippen LogP contribution in [0.5, 0.6) is 0 Å². The summed E-state index contributed by atoms with van der Waals surface area (Å²) < 4.78 is 40.4. The first-order valence-corrected chi connectivity index (χ1v) is 10.0. The predicted octanol–water partition coefficient (Wildman–Crippen LogP) is 3.34. The zero-order valence-electron chi connectivity index (χ0n) is 15.8. The second-order valence-electron chi connectivity index (χ2n) is 7.00. The van der Waals surface area contributed by atoms with Crippen LogP contribution in [0, 0.1) is 0 Å². The minimum atomic E-state index is -4.45. The van der Waals surface area contributed by atoms with Gasteiger partial charge in [-0.05, 0) is 31.0 Å². The number of likely N-dealkylation sites (tertiary alicyclic amines) is 1. The van der Waals surface area contributed by atoms with Crippen LogP contribution < -0.4 is 5.32 Å². The maximum Gasteiger partial charge on any atom is 0.416 e. The lowest BCUT2D eigenvalue weighted by Crippen LogP contribution is -2.41. The summed E-state index contributed by atoms with van der Waals surface area (Å²) in [4.78, 5) is 29.7. The molecule has 0 saturated carbocycles. The summed E-state index contributed by atoms with van der Waals surface area (Å²) in [5, 5.41) is 12.4. The number of alkyl halides is 3. The zero-order valence-corrected chi connectivity index (χ0v) is 16.6. The van der Waals surface area contributed by atoms with Crippen LogP contribution in [-0.4, -0.2) is 49.8 Å². The number of thiazole rings is 1. The average molecular weight is 438 g/mol. The number of carbonyl (C=O) groups is 2. The summed E-state index contributed by atoms with van der Waals surface area (Å²) in [6.07, 6.45) is -3.02. The van der Waals surface area contributed by atoms with Gasteiger partial charge in [-0.2, -0.15) is 13.2 Å². The molecule has 0 bridgehead atoms. The van der Waals surface area contributed by atoms with Gasteiger partial charge < -0.3 is 10.2 Å². The number of carbonyl (C=O) groups excluding carboxylic acids is 2. The van der Waals surface area contributed by atoms with Gasteiger partial charge in [0.05, 0.1) is 17.1 Å². The Morgan fingerprint density at radius 2 is 2.10 bits per heavy atom. The minimum absolute atomic E-state index is 0.160. The first-order chi connectivity index (χ1) is 14.2. The highest BCUT2D eigenvalue weighted by Crippen LogP contribution is 2.32. The van der Waals surface area contributed by atoms with Crippen molar-refractivity contribution < 1.29 is 22.8 Å². The molecule has 12 heteroatoms. The van der Waals surface area contributed by atoms with Crippen molar-refractivity contribution in [2.24, 2.45) is 0 Å². The van der Waals surface area contributed by atoms with Crippen LogP contribution >= 0.6 is 11.3 Å². The third kappa shape index (κ3) is 3.99. The van der Waals surface area contributed by atoms with E-state index in [9.17, 15) is 22.8 Å². The summed E-state index contributed by atoms with van der Waals surface area (Å²) in [6, 6.07) is 3.13. The molecular formula is C18H17F3N6O2S. The highest BCUT2D eigenvalue weighted by molar-refractivity contribution is 7.14. The van der Waals surface area contributed by atoms with E-state index in [1.165, 1.54) is 13.0 Å². The number of benzene rings is 1. The van der Waals surface area contributed by atoms with Crippen LogP contribution in [0.15, 0.2) is 23.6 Å². The SMILES string of the molecule is CC(=O)Nc1nc(C(=O)N2CCCC(n3nnc4cc(C(F)(F)F)ccc43)C2)cs1. The Labute approximate surface area is 172 Å². The molecule has 1 aromatic carbocycles. The van der Waals surface area contributed by atoms with E-state index in [4.69, 9.17) is 0 Å². The molecule has 3 aromatic rings. The number of piperidine rings is 1. The molecule has 2 aromatic heterocycles. The van der Waals surface area contributed by atoms with Gasteiger partial charge in [-0.15, -0.1) is 16.4 Å². The van der Waals surface area contributed by atoms with E-state index in [-0.39, 0.29) is 29.1 Å². The van der Waals surface area contributed by atoms with Crippen molar-refractivity contribution in [2.45, 2.75) is 32.0 Å². The van der Waals surface area contributed by atoms with Gasteiger partial charge in [0.15, 0.2) is 5.13 Å². The van der Waals surface area contributed by atoms with Gasteiger partial charge in [0.25, 0.3) is 5.91 Å². The Kier molecular flexibility index (Phi) is 5.18. The van der Waals surface area contributed by atoms with Gasteiger partial charge in [-0.3, -0.25) is 9.59 Å². The highest BCUT2D eigenvalue weighted by atomic mass is 32.1. The van der Waals surface area contributed by atoms with E-state index >= 15 is 0 Å². The lowest BCUT2D eigenvalue weighted by molar-refractivity contribution is -0.137. The van der Waals surface area contributed by atoms with Crippen molar-refractivity contribution in [1.82, 2.24) is 24.9 Å². The molecule has 8 nitrogen and oxygen atoms in total. The number of hydrogen-bond acceptors (Lipinski definition) is 6. The molecule has 1 unspecified atom stereocenters. The van der Waals surface area contributed by atoms with E-state index in [2.05, 4.69) is 20.6 Å². The molecule has 1 aliphatic rings. The molecule has 1 N–H and O–H groups in total. The molecule has 158 valence electrons. The third-order valence-electron chi connectivity index (χ3n) is 4.83. The minimum Gasteiger partial charge on any atom is -0.335 e. The number of rotatable bonds is 3. The quantitative estimate of drug-likeness (QED) is 0.677. The molecule has 30 heavy (non-hydrogen) atoms. The summed E-state index contributed by atoms with van der Waals surface area (Å²) >= 11 is 1.16. The number of nitrogens with one attached hydrogen (secondary N) is 1. The Hall–Kier alpha value is -3.02. The van der Waals surface area contributed by atoms with Crippen LogP contribution in [-0.2, 0) is 11.0 Å². The number of hydrogen-bond donors (Lipinski definition) is 1. The Morgan fingerprint density at radius 1 is 1.30 bits per heavy atom. The van der Waals surface area contributed by atoms with Gasteiger partial charge >= 0.3 is 6.18 Å². The van der Waals surface area contributed by atoms with Gasteiger partial charge in [-0.25, -0.2) is 9.67 Å². The Morgan fingerprint density at radius 3 is 2.83 bits per heavy atom. The Balaban J connectivity index is 1.53. The first-order valence-electron chi connectivity index (χ1n) is 9.17. The Bertz CT molecular complexity index is 1110. The fourth-order valence-electron chi connectivity index (χ4n) is 3.47. The van der Waals surface area contributed by atoms with Crippen LogP contribution in [0.1, 0.15) is 41.9 Å². The predicted molar refractivity (Wildman–Crippen MR) is 103 cm³/mol. The van der Waals surface area contributed by atoms with E-state index in [0.717, 1.165) is 29.9 Å². The lowest BCUT2D eigenvalue weighted by atomic mass is 10.0. The second-order valence-corrected chi connectivity index (χ2v) is 7.86. The highest BCUT2D eigenvalue weighted by Gasteiger charge is 2.32. The van der Waals surface area contributed by atoms with Crippen molar-refractivity contribution in [3.63, 3.8) is 0 Å². The van der Waals surface area contributed by atoms with Gasteiger partial charge in [0, 0.05) is 25.4 Å². The maximum absolute atomic E-state index is 12.9. The standard InChI is InChI=1S/C18H17F3N6O2S/c1-10(28)22-17-23-14(9-30-17)16(29)26-6-2-3-12(8-26)27-15-5-4-11(18(19,20)21)7-13(15)24-25-27/h4-5,7,9,12H,2-3,6,8H2,1H3,(H,22,23,28). The molecule has 3 heterocycles. The summed E-state index contributed by atoms with van der Waals surface area (Å²) in [5.41, 5.74) is 0.111. The molecule has 1 atom stereocenters. The number of fused-ring (bicyclic) bond motifs is 1. The smallest absolute Gasteiger partial charge is 0.335 e. The van der Waals surface area contributed by atoms with Gasteiger partial charge in [0.2, 0.25) is 5.91 Å². The monoisotopic (exact) mass is 438 g/mol. The number of anilines is 1. The molecule has 1 aliphatic heterocycles. The zero-order chi connectivity index (χ0) is 21.5. The number of halogens is 3. The van der Waals surface area contributed by atoms with Crippen LogP contribution in [0.4, 0.5) is 18.3 Å². The van der Waals surface area contributed by atoms with E-state index in [0.29, 0.717) is 30.2 Å². The molecular weight excluding hydrogens is 421 g/mol. The van der Waals surface area contributed by atoms with E-state index in [1.807, 2.05) is 0 Å². The molecule has 1 saturated heterocycles. The largest absolute Gasteiger partial charge is 0.416 e. The third-order valence-corrected chi connectivity index (χ3v) is 5.59. The molecule has 0 aliphatic carbocycles. The summed E-state index contributed by atoms with van der Waals surface area (Å²) in [6.45, 7) is 2.23. The molecule has 4 rings (SSSR count). The van der Waals surface area contributed by atoms with Crippen molar-refractivity contribution in [2.75, 3.05) is 18.4 Å². The fraction of sp³-hybridized carbons (Fsp3) is 0.389. The fourth-order valence-corrected chi connectivity index (χ4v) is 4.20. The topological polar surface area (TPSA) is 93.0 Å². The second kappa shape index (κ2) is 7.67. The summed E-state index contributed by atoms with van der Waals surface area (Å²) in [7, 11) is 0. The van der Waals surface area contributed by atoms with Gasteiger partial charge in [0.1, 0.15) is 11.2 Å². The lowest BCUT2D eigenvalue weighted by Gasteiger charge is -2.32. The normalized spacial score (nSPS) is 17.3. The number of amides is 2. The van der Waals surface area contributed by atoms with Crippen LogP contribution in [0.3, 0.4) is 0 Å². The van der Waals surface area contributed by atoms with Crippen molar-refractivity contribution in [1.29, 1.82) is 0 Å². The van der Waals surface area contributed by atoms with Crippen LogP contribution in [0.25, 0.3) is 11.0 Å². The first kappa shape index (κ1) is 20.3. The van der Waals surface area contributed by atoms with Gasteiger partial charge in [-0.1, -0.05) is 5.21 Å². The van der Waals surface area contributed by atoms with Crippen molar-refractivity contribution >= 4 is 39.3 Å². The van der Waals surface area contributed by atoms with E-state index < -0.39 is 11.7 Å². The average Bonchev–Trinajstić information content (AvgIpc) is 3.32. The molecule has 0 spiro atoms. The number of aromatic nitrogens is 4. The molecule has 1 fully saturated rings. The molecule has 2 amide bonds. The molecule has 0 radical (unpaired) electrons. The summed E-state index contributed by atoms with van der Waals surface area (Å²) in [5.74, 6) is -0.538. The number of nitrogens with zero attached hydrogens (tertiary/aromatic N) is 5. The maximum atomic E-state index is 12.9. The van der Waals surface area contributed by atoms with Crippen molar-refractivity contribution in [3.05, 3.63) is 34.8 Å². The van der Waals surface area contributed by atoms with Crippen molar-refractivity contribution in [3.8, 4) is 0 Å². The van der Waals surface area contributed by atoms with Crippen LogP contribution in [0.2, 0.25) is 0 Å². The van der Waals surface area contributed by atoms with E-state index in [1.54, 1.807) is 15.0 Å².